The maximum Gasteiger partial charge on any atom is 0.249 e. The van der Waals surface area contributed by atoms with Gasteiger partial charge in [0.05, 0.1) is 16.7 Å². The van der Waals surface area contributed by atoms with Gasteiger partial charge >= 0.3 is 0 Å². The average molecular weight is 1300 g/mol. The number of fused-ring (bicyclic) bond motifs is 11. The van der Waals surface area contributed by atoms with E-state index in [-0.39, 0.29) is 13.4 Å². The predicted octanol–water partition coefficient (Wildman–Crippen LogP) is 20.6. The first-order chi connectivity index (χ1) is 49.2. The molecule has 0 bridgehead atoms. The van der Waals surface area contributed by atoms with Crippen molar-refractivity contribution in [3.8, 4) is 27.9 Å². The number of hydrogen-bond acceptors (Lipinski definition) is 6. The lowest BCUT2D eigenvalue weighted by atomic mass is 9.31. The van der Waals surface area contributed by atoms with Crippen LogP contribution in [0.15, 0.2) is 377 Å². The van der Waals surface area contributed by atoms with E-state index < -0.39 is 0 Å². The van der Waals surface area contributed by atoms with E-state index in [1.165, 1.54) is 114 Å². The van der Waals surface area contributed by atoms with Crippen molar-refractivity contribution in [1.29, 1.82) is 0 Å². The molecule has 0 spiro atoms. The molecule has 9 heteroatoms. The number of rotatable bonds is 11. The third-order valence-electron chi connectivity index (χ3n) is 20.4. The smallest absolute Gasteiger partial charge is 0.249 e. The zero-order chi connectivity index (χ0) is 65.1. The summed E-state index contributed by atoms with van der Waals surface area (Å²) in [7, 11) is 0. The average Bonchev–Trinajstić information content (AvgIpc) is 1.68. The van der Waals surface area contributed by atoms with Gasteiger partial charge in [-0.15, -0.1) is 0 Å². The molecule has 0 saturated carbocycles. The van der Waals surface area contributed by atoms with Gasteiger partial charge in [0.2, 0.25) is 13.4 Å². The molecule has 462 valence electrons. The van der Waals surface area contributed by atoms with E-state index in [2.05, 4.69) is 382 Å². The molecule has 0 unspecified atom stereocenters. The fourth-order valence-corrected chi connectivity index (χ4v) is 19.1. The highest BCUT2D eigenvalue weighted by molar-refractivity contribution is 8.01. The molecule has 0 atom stereocenters. The minimum Gasteiger partial charge on any atom is -0.311 e. The zero-order valence-electron chi connectivity index (χ0n) is 53.8. The lowest BCUT2D eigenvalue weighted by Gasteiger charge is -2.44. The first-order valence-electron chi connectivity index (χ1n) is 34.0. The molecule has 1 aromatic heterocycles. The molecule has 0 saturated heterocycles. The van der Waals surface area contributed by atoms with Crippen molar-refractivity contribution >= 4 is 160 Å². The van der Waals surface area contributed by atoms with Crippen molar-refractivity contribution in [3.63, 3.8) is 0 Å². The van der Waals surface area contributed by atoms with E-state index in [1.54, 1.807) is 0 Å². The molecule has 20 rings (SSSR count). The highest BCUT2D eigenvalue weighted by atomic mass is 32.2. The van der Waals surface area contributed by atoms with Crippen LogP contribution in [-0.4, -0.2) is 18.0 Å². The van der Waals surface area contributed by atoms with Crippen LogP contribution in [0.4, 0.5) is 68.2 Å². The Hall–Kier alpha value is -11.9. The van der Waals surface area contributed by atoms with Gasteiger partial charge in [0.15, 0.2) is 0 Å². The van der Waals surface area contributed by atoms with E-state index in [0.29, 0.717) is 0 Å². The molecule has 0 N–H and O–H groups in total. The Balaban J connectivity index is 0.944. The highest BCUT2D eigenvalue weighted by Gasteiger charge is 2.48. The molecule has 5 heterocycles. The van der Waals surface area contributed by atoms with Crippen molar-refractivity contribution in [1.82, 2.24) is 4.57 Å². The third-order valence-corrected chi connectivity index (χ3v) is 22.8. The second-order valence-electron chi connectivity index (χ2n) is 25.8. The quantitative estimate of drug-likeness (QED) is 0.119. The Morgan fingerprint density at radius 2 is 0.596 bits per heavy atom. The molecule has 0 aliphatic carbocycles. The monoisotopic (exact) mass is 1300 g/mol. The van der Waals surface area contributed by atoms with Crippen molar-refractivity contribution < 1.29 is 0 Å². The fraction of sp³-hybridized carbons (Fsp3) is 0. The Morgan fingerprint density at radius 3 is 0.970 bits per heavy atom. The summed E-state index contributed by atoms with van der Waals surface area (Å²) in [5, 5.41) is 2.46. The van der Waals surface area contributed by atoms with Crippen LogP contribution in [-0.2, 0) is 0 Å². The standard InChI is InChI=1S/C90H59B2N5S2/c1-9-31-60(32-10-1)70-47-29-53-78-84(70)85-71(61-33-11-2-12-34-61)48-30-54-79(85)97(78)88-89-74(91-72-49-25-27-51-76(72)95(66-43-21-7-22-44-66)80-55-68(57-82(98-89)86(80)91)93(62-35-13-3-14-36-62)63-37-15-4-16-38-63)59-75-90(88)99-83-58-69(94(64-39-17-5-18-40-64)65-41-19-6-20-42-65)56-81-87(83)92(75)73-50-26-28-52-77(73)96(81)67-45-23-8-24-46-67/h1-59H. The van der Waals surface area contributed by atoms with E-state index >= 15 is 0 Å². The van der Waals surface area contributed by atoms with Crippen LogP contribution in [0.2, 0.25) is 0 Å². The summed E-state index contributed by atoms with van der Waals surface area (Å²) in [4.78, 5) is 14.9. The minimum atomic E-state index is -0.173. The lowest BCUT2D eigenvalue weighted by Crippen LogP contribution is -2.64. The SMILES string of the molecule is c1ccc(-c2cccc3c2c2c(-c4ccccc4)cccc2n3-c2c3c(cc4c2Sc2cc(N(c5ccccc5)c5ccccc5)cc5c2B4c2ccccc2N5c2ccccc2)B2c4ccccc4N(c4ccccc4)c4cc(N(c5ccccc5)c5ccccc5)cc(c42)S3)cc1. The largest absolute Gasteiger partial charge is 0.311 e. The summed E-state index contributed by atoms with van der Waals surface area (Å²) >= 11 is 3.90. The van der Waals surface area contributed by atoms with Gasteiger partial charge in [-0.1, -0.05) is 271 Å². The molecule has 99 heavy (non-hydrogen) atoms. The van der Waals surface area contributed by atoms with Gasteiger partial charge in [-0.3, -0.25) is 0 Å². The van der Waals surface area contributed by atoms with Crippen LogP contribution < -0.4 is 52.4 Å². The summed E-state index contributed by atoms with van der Waals surface area (Å²) in [5.74, 6) is 0. The van der Waals surface area contributed by atoms with Gasteiger partial charge in [-0.05, 0) is 165 Å². The molecule has 16 aromatic rings. The van der Waals surface area contributed by atoms with Gasteiger partial charge in [-0.2, -0.15) is 0 Å². The van der Waals surface area contributed by atoms with Gasteiger partial charge in [0.25, 0.3) is 0 Å². The van der Waals surface area contributed by atoms with E-state index in [4.69, 9.17) is 0 Å². The molecule has 15 aromatic carbocycles. The van der Waals surface area contributed by atoms with Crippen LogP contribution in [0.5, 0.6) is 0 Å². The maximum atomic E-state index is 2.71. The summed E-state index contributed by atoms with van der Waals surface area (Å²) in [6.45, 7) is -0.345. The third kappa shape index (κ3) is 9.15. The number of aromatic nitrogens is 1. The maximum absolute atomic E-state index is 2.71. The van der Waals surface area contributed by atoms with Crippen molar-refractivity contribution in [3.05, 3.63) is 358 Å². The van der Waals surface area contributed by atoms with Crippen molar-refractivity contribution in [2.45, 2.75) is 19.6 Å². The van der Waals surface area contributed by atoms with E-state index in [1.807, 2.05) is 23.5 Å². The Morgan fingerprint density at radius 1 is 0.263 bits per heavy atom. The second kappa shape index (κ2) is 23.5. The summed E-state index contributed by atoms with van der Waals surface area (Å²) in [6.07, 6.45) is 0. The molecular formula is C90H59B2N5S2. The topological polar surface area (TPSA) is 17.9 Å². The van der Waals surface area contributed by atoms with Gasteiger partial charge in [0.1, 0.15) is 0 Å². The molecule has 0 radical (unpaired) electrons. The summed E-state index contributed by atoms with van der Waals surface area (Å²) in [6, 6.07) is 133. The van der Waals surface area contributed by atoms with Crippen LogP contribution in [0.1, 0.15) is 0 Å². The normalized spacial score (nSPS) is 12.9. The molecule has 0 amide bonds. The zero-order valence-corrected chi connectivity index (χ0v) is 55.4. The number of nitrogens with zero attached hydrogens (tertiary/aromatic N) is 5. The number of hydrogen-bond donors (Lipinski definition) is 0. The molecular weight excluding hydrogens is 1240 g/mol. The van der Waals surface area contributed by atoms with Crippen molar-refractivity contribution in [2.24, 2.45) is 0 Å². The first-order valence-corrected chi connectivity index (χ1v) is 35.6. The van der Waals surface area contributed by atoms with Gasteiger partial charge in [-0.25, -0.2) is 0 Å². The number of anilines is 12. The van der Waals surface area contributed by atoms with Crippen molar-refractivity contribution in [2.75, 3.05) is 19.6 Å². The lowest BCUT2D eigenvalue weighted by molar-refractivity contribution is 1.08. The number of benzene rings is 15. The second-order valence-corrected chi connectivity index (χ2v) is 27.9. The van der Waals surface area contributed by atoms with Crippen LogP contribution in [0, 0.1) is 0 Å². The number of para-hydroxylation sites is 8. The Bertz CT molecular complexity index is 5390. The highest BCUT2D eigenvalue weighted by Crippen LogP contribution is 2.54. The van der Waals surface area contributed by atoms with Gasteiger partial charge in [0, 0.05) is 98.6 Å². The van der Waals surface area contributed by atoms with E-state index in [9.17, 15) is 0 Å². The Kier molecular flexibility index (Phi) is 13.6. The fourth-order valence-electron chi connectivity index (χ4n) is 16.4. The van der Waals surface area contributed by atoms with Gasteiger partial charge < -0.3 is 24.2 Å². The summed E-state index contributed by atoms with van der Waals surface area (Å²) < 4.78 is 2.71. The van der Waals surface area contributed by atoms with Crippen LogP contribution in [0.25, 0.3) is 49.7 Å². The molecule has 4 aliphatic heterocycles. The molecule has 4 aliphatic rings. The van der Waals surface area contributed by atoms with Crippen LogP contribution in [0.3, 0.4) is 0 Å². The summed E-state index contributed by atoms with van der Waals surface area (Å²) in [5.41, 5.74) is 29.5. The first kappa shape index (κ1) is 57.4. The predicted molar refractivity (Wildman–Crippen MR) is 421 cm³/mol. The minimum absolute atomic E-state index is 0.173. The molecule has 5 nitrogen and oxygen atoms in total. The molecule has 0 fully saturated rings. The Labute approximate surface area is 585 Å². The van der Waals surface area contributed by atoms with Crippen LogP contribution >= 0.6 is 23.5 Å². The van der Waals surface area contributed by atoms with E-state index in [0.717, 1.165) is 56.5 Å².